The van der Waals surface area contributed by atoms with E-state index in [0.29, 0.717) is 6.42 Å². The molecule has 0 bridgehead atoms. The Balaban J connectivity index is 3.85. The number of hydrogen-bond donors (Lipinski definition) is 2. The Morgan fingerprint density at radius 1 is 0.762 bits per heavy atom. The summed E-state index contributed by atoms with van der Waals surface area (Å²) < 4.78 is 61.2. The Kier molecular flexibility index (Phi) is 10.4. The lowest BCUT2D eigenvalue weighted by Crippen LogP contribution is -2.29. The van der Waals surface area contributed by atoms with Gasteiger partial charge in [0.15, 0.2) is 0 Å². The van der Waals surface area contributed by atoms with Gasteiger partial charge in [0.2, 0.25) is 0 Å². The van der Waals surface area contributed by atoms with Crippen LogP contribution in [0.25, 0.3) is 0 Å². The molecule has 6 nitrogen and oxygen atoms in total. The maximum atomic E-state index is 11.1. The largest absolute Gasteiger partial charge is 0.286 e. The van der Waals surface area contributed by atoms with Gasteiger partial charge in [-0.05, 0) is 6.42 Å². The molecule has 0 heterocycles. The van der Waals surface area contributed by atoms with E-state index in [4.69, 9.17) is 9.11 Å². The van der Waals surface area contributed by atoms with Crippen LogP contribution in [0, 0.1) is 0 Å². The normalized spacial score (nSPS) is 14.2. The zero-order valence-electron chi connectivity index (χ0n) is 12.7. The molecule has 2 N–H and O–H groups in total. The molecule has 0 spiro atoms. The van der Waals surface area contributed by atoms with Crippen LogP contribution in [0.5, 0.6) is 0 Å². The van der Waals surface area contributed by atoms with Crippen molar-refractivity contribution in [2.45, 2.75) is 76.4 Å². The molecule has 0 rings (SSSR count). The molecule has 0 saturated heterocycles. The number of rotatable bonds is 13. The molecular formula is C13H28O6S2. The van der Waals surface area contributed by atoms with Crippen LogP contribution in [-0.4, -0.2) is 36.9 Å². The first-order chi connectivity index (χ1) is 9.67. The molecule has 1 atom stereocenters. The highest BCUT2D eigenvalue weighted by Crippen LogP contribution is 2.15. The van der Waals surface area contributed by atoms with Crippen molar-refractivity contribution in [1.29, 1.82) is 0 Å². The Morgan fingerprint density at radius 3 is 1.57 bits per heavy atom. The monoisotopic (exact) mass is 344 g/mol. The Bertz CT molecular complexity index is 455. The highest BCUT2D eigenvalue weighted by atomic mass is 32.2. The molecule has 128 valence electrons. The number of hydrogen-bond acceptors (Lipinski definition) is 4. The van der Waals surface area contributed by atoms with Crippen LogP contribution in [0.1, 0.15) is 71.1 Å². The Hall–Kier alpha value is -0.180. The molecular weight excluding hydrogens is 316 g/mol. The SMILES string of the molecule is CCCCCCCCCCCC(CS(=O)(=O)O)S(=O)(=O)O. The lowest BCUT2D eigenvalue weighted by Gasteiger charge is -2.11. The van der Waals surface area contributed by atoms with Gasteiger partial charge in [-0.3, -0.25) is 9.11 Å². The van der Waals surface area contributed by atoms with Gasteiger partial charge in [0, 0.05) is 0 Å². The zero-order chi connectivity index (χ0) is 16.4. The van der Waals surface area contributed by atoms with Gasteiger partial charge in [-0.25, -0.2) is 0 Å². The minimum atomic E-state index is -4.44. The summed E-state index contributed by atoms with van der Waals surface area (Å²) in [5, 5.41) is -1.43. The van der Waals surface area contributed by atoms with Gasteiger partial charge >= 0.3 is 0 Å². The fraction of sp³-hybridized carbons (Fsp3) is 1.00. The summed E-state index contributed by atoms with van der Waals surface area (Å²) in [5.41, 5.74) is 0. The molecule has 21 heavy (non-hydrogen) atoms. The summed E-state index contributed by atoms with van der Waals surface area (Å²) in [6.07, 6.45) is 9.51. The second kappa shape index (κ2) is 10.5. The molecule has 0 aliphatic rings. The van der Waals surface area contributed by atoms with Gasteiger partial charge in [0.1, 0.15) is 5.25 Å². The summed E-state index contributed by atoms with van der Waals surface area (Å²) in [4.78, 5) is 0. The summed E-state index contributed by atoms with van der Waals surface area (Å²) >= 11 is 0. The summed E-state index contributed by atoms with van der Waals surface area (Å²) in [5.74, 6) is -0.942. The molecule has 0 aliphatic carbocycles. The molecule has 8 heteroatoms. The summed E-state index contributed by atoms with van der Waals surface area (Å²) in [7, 11) is -8.85. The van der Waals surface area contributed by atoms with E-state index in [0.717, 1.165) is 25.7 Å². The van der Waals surface area contributed by atoms with Crippen LogP contribution in [0.3, 0.4) is 0 Å². The van der Waals surface area contributed by atoms with E-state index in [9.17, 15) is 16.8 Å². The minimum absolute atomic E-state index is 0.0501. The average Bonchev–Trinajstić information content (AvgIpc) is 2.32. The second-order valence-electron chi connectivity index (χ2n) is 5.50. The molecule has 0 saturated carbocycles. The van der Waals surface area contributed by atoms with E-state index >= 15 is 0 Å². The van der Waals surface area contributed by atoms with Crippen molar-refractivity contribution in [3.05, 3.63) is 0 Å². The highest BCUT2D eigenvalue weighted by Gasteiger charge is 2.27. The van der Waals surface area contributed by atoms with Gasteiger partial charge in [-0.15, -0.1) is 0 Å². The molecule has 0 aromatic carbocycles. The first kappa shape index (κ1) is 20.8. The van der Waals surface area contributed by atoms with E-state index in [1.165, 1.54) is 25.7 Å². The van der Waals surface area contributed by atoms with Gasteiger partial charge in [-0.1, -0.05) is 64.7 Å². The highest BCUT2D eigenvalue weighted by molar-refractivity contribution is 7.90. The Labute approximate surface area is 128 Å². The standard InChI is InChI=1S/C13H28O6S2/c1-2-3-4-5-6-7-8-9-10-11-13(21(17,18)19)12-20(14,15)16/h13H,2-12H2,1H3,(H,14,15,16)(H,17,18,19). The van der Waals surface area contributed by atoms with Gasteiger partial charge in [-0.2, -0.15) is 16.8 Å². The quantitative estimate of drug-likeness (QED) is 0.392. The molecule has 0 aromatic heterocycles. The average molecular weight is 344 g/mol. The second-order valence-corrected chi connectivity index (χ2v) is 8.70. The molecule has 0 fully saturated rings. The van der Waals surface area contributed by atoms with Crippen molar-refractivity contribution in [1.82, 2.24) is 0 Å². The van der Waals surface area contributed by atoms with Crippen LogP contribution in [0.15, 0.2) is 0 Å². The maximum Gasteiger partial charge on any atom is 0.268 e. The topological polar surface area (TPSA) is 109 Å². The number of unbranched alkanes of at least 4 members (excludes halogenated alkanes) is 8. The van der Waals surface area contributed by atoms with Crippen molar-refractivity contribution >= 4 is 20.2 Å². The van der Waals surface area contributed by atoms with Crippen molar-refractivity contribution in [3.8, 4) is 0 Å². The van der Waals surface area contributed by atoms with Gasteiger partial charge in [0.05, 0.1) is 5.75 Å². The lowest BCUT2D eigenvalue weighted by atomic mass is 10.1. The first-order valence-electron chi connectivity index (χ1n) is 7.58. The fourth-order valence-corrected chi connectivity index (χ4v) is 4.54. The van der Waals surface area contributed by atoms with Crippen LogP contribution >= 0.6 is 0 Å². The fourth-order valence-electron chi connectivity index (χ4n) is 2.24. The predicted octanol–water partition coefficient (Wildman–Crippen LogP) is 3.05. The van der Waals surface area contributed by atoms with Crippen molar-refractivity contribution in [2.24, 2.45) is 0 Å². The lowest BCUT2D eigenvalue weighted by molar-refractivity contribution is 0.448. The zero-order valence-corrected chi connectivity index (χ0v) is 14.3. The van der Waals surface area contributed by atoms with E-state index in [2.05, 4.69) is 6.92 Å². The van der Waals surface area contributed by atoms with Crippen LogP contribution in [-0.2, 0) is 20.2 Å². The maximum absolute atomic E-state index is 11.1. The third kappa shape index (κ3) is 13.2. The van der Waals surface area contributed by atoms with E-state index in [1.807, 2.05) is 0 Å². The molecule has 0 aliphatic heterocycles. The third-order valence-corrected chi connectivity index (χ3v) is 5.73. The van der Waals surface area contributed by atoms with E-state index < -0.39 is 31.2 Å². The van der Waals surface area contributed by atoms with Crippen LogP contribution in [0.4, 0.5) is 0 Å². The van der Waals surface area contributed by atoms with Gasteiger partial charge < -0.3 is 0 Å². The predicted molar refractivity (Wildman–Crippen MR) is 83.6 cm³/mol. The van der Waals surface area contributed by atoms with Crippen molar-refractivity contribution in [2.75, 3.05) is 5.75 Å². The molecule has 0 radical (unpaired) electrons. The summed E-state index contributed by atoms with van der Waals surface area (Å²) in [6, 6.07) is 0. The van der Waals surface area contributed by atoms with E-state index in [-0.39, 0.29) is 6.42 Å². The third-order valence-electron chi connectivity index (χ3n) is 3.45. The summed E-state index contributed by atoms with van der Waals surface area (Å²) in [6.45, 7) is 2.16. The van der Waals surface area contributed by atoms with Gasteiger partial charge in [0.25, 0.3) is 20.2 Å². The molecule has 0 amide bonds. The Morgan fingerprint density at radius 2 is 1.19 bits per heavy atom. The van der Waals surface area contributed by atoms with E-state index in [1.54, 1.807) is 0 Å². The molecule has 0 aromatic rings. The smallest absolute Gasteiger partial charge is 0.268 e. The van der Waals surface area contributed by atoms with Crippen LogP contribution < -0.4 is 0 Å². The first-order valence-corrected chi connectivity index (χ1v) is 10.7. The van der Waals surface area contributed by atoms with Crippen LogP contribution in [0.2, 0.25) is 0 Å². The minimum Gasteiger partial charge on any atom is -0.286 e. The van der Waals surface area contributed by atoms with Crippen molar-refractivity contribution < 1.29 is 25.9 Å². The van der Waals surface area contributed by atoms with Crippen molar-refractivity contribution in [3.63, 3.8) is 0 Å². The molecule has 1 unspecified atom stereocenters.